The second-order valence-electron chi connectivity index (χ2n) is 8.95. The molecule has 0 saturated carbocycles. The van der Waals surface area contributed by atoms with Gasteiger partial charge in [0.15, 0.2) is 0 Å². The molecule has 4 rings (SSSR count). The van der Waals surface area contributed by atoms with Crippen LogP contribution in [0.2, 0.25) is 0 Å². The molecule has 168 valence electrons. The number of fused-ring (bicyclic) bond motifs is 1. The summed E-state index contributed by atoms with van der Waals surface area (Å²) >= 11 is 0. The second-order valence-corrected chi connectivity index (χ2v) is 8.95. The lowest BCUT2D eigenvalue weighted by Crippen LogP contribution is -2.43. The van der Waals surface area contributed by atoms with Crippen LogP contribution in [0.5, 0.6) is 0 Å². The highest BCUT2D eigenvalue weighted by Gasteiger charge is 2.32. The zero-order valence-electron chi connectivity index (χ0n) is 19.0. The summed E-state index contributed by atoms with van der Waals surface area (Å²) in [4.78, 5) is 28.7. The summed E-state index contributed by atoms with van der Waals surface area (Å²) in [7, 11) is 0. The van der Waals surface area contributed by atoms with Crippen LogP contribution >= 0.6 is 0 Å². The van der Waals surface area contributed by atoms with Gasteiger partial charge in [0.1, 0.15) is 11.3 Å². The number of anilines is 1. The third-order valence-electron chi connectivity index (χ3n) is 5.89. The first-order valence-electron chi connectivity index (χ1n) is 11.1. The van der Waals surface area contributed by atoms with Crippen LogP contribution in [0.3, 0.4) is 0 Å². The molecule has 7 nitrogen and oxygen atoms in total. The van der Waals surface area contributed by atoms with E-state index in [2.05, 4.69) is 29.5 Å². The minimum absolute atomic E-state index is 0.0154. The molecule has 0 aliphatic carbocycles. The minimum atomic E-state index is -0.251. The molecule has 32 heavy (non-hydrogen) atoms. The first-order chi connectivity index (χ1) is 15.3. The number of carbonyl (C=O) groups excluding carboxylic acids is 2. The van der Waals surface area contributed by atoms with Crippen molar-refractivity contribution >= 4 is 23.1 Å². The molecule has 1 aromatic carbocycles. The van der Waals surface area contributed by atoms with Crippen molar-refractivity contribution in [3.8, 4) is 0 Å². The number of ether oxygens (including phenoxy) is 1. The van der Waals surface area contributed by atoms with E-state index in [1.807, 2.05) is 53.9 Å². The Morgan fingerprint density at radius 3 is 2.59 bits per heavy atom. The maximum Gasteiger partial charge on any atom is 0.275 e. The van der Waals surface area contributed by atoms with E-state index in [4.69, 9.17) is 4.74 Å². The number of nitrogens with zero attached hydrogens (tertiary/aromatic N) is 2. The van der Waals surface area contributed by atoms with E-state index in [1.54, 1.807) is 13.1 Å². The van der Waals surface area contributed by atoms with Gasteiger partial charge in [-0.3, -0.25) is 9.59 Å². The standard InChI is InChI=1S/C25H30N4O3/c1-15(2)22-12-20(26-17(4)30)13-23(32-22)18-5-7-19(8-6-18)27-25(31)21-14-29-10-9-16(3)11-24(29)28-21/h5-11,14-15,20,22-23H,12-13H2,1-4H3,(H,26,30)(H,27,31)/t20-,22-,23+/m1/s1. The lowest BCUT2D eigenvalue weighted by atomic mass is 9.90. The largest absolute Gasteiger partial charge is 0.370 e. The molecule has 3 heterocycles. The number of pyridine rings is 1. The highest BCUT2D eigenvalue weighted by atomic mass is 16.5. The van der Waals surface area contributed by atoms with Crippen LogP contribution in [0.1, 0.15) is 61.3 Å². The Morgan fingerprint density at radius 2 is 1.91 bits per heavy atom. The van der Waals surface area contributed by atoms with Crippen molar-refractivity contribution in [3.63, 3.8) is 0 Å². The molecular weight excluding hydrogens is 404 g/mol. The van der Waals surface area contributed by atoms with Crippen molar-refractivity contribution in [2.24, 2.45) is 5.92 Å². The average molecular weight is 435 g/mol. The Hall–Kier alpha value is -3.19. The van der Waals surface area contributed by atoms with E-state index in [1.165, 1.54) is 0 Å². The molecular formula is C25H30N4O3. The monoisotopic (exact) mass is 434 g/mol. The minimum Gasteiger partial charge on any atom is -0.370 e. The molecule has 1 fully saturated rings. The van der Waals surface area contributed by atoms with Crippen LogP contribution in [-0.4, -0.2) is 33.3 Å². The fraction of sp³-hybridized carbons (Fsp3) is 0.400. The number of carbonyl (C=O) groups is 2. The van der Waals surface area contributed by atoms with Crippen LogP contribution < -0.4 is 10.6 Å². The zero-order chi connectivity index (χ0) is 22.8. The van der Waals surface area contributed by atoms with Crippen LogP contribution in [-0.2, 0) is 9.53 Å². The van der Waals surface area contributed by atoms with Gasteiger partial charge in [0.05, 0.1) is 12.2 Å². The lowest BCUT2D eigenvalue weighted by Gasteiger charge is -2.37. The van der Waals surface area contributed by atoms with Crippen molar-refractivity contribution in [2.75, 3.05) is 5.32 Å². The lowest BCUT2D eigenvalue weighted by molar-refractivity contribution is -0.123. The predicted octanol–water partition coefficient (Wildman–Crippen LogP) is 4.28. The Bertz CT molecular complexity index is 1120. The molecule has 1 saturated heterocycles. The molecule has 0 bridgehead atoms. The summed E-state index contributed by atoms with van der Waals surface area (Å²) in [6.07, 6.45) is 5.16. The van der Waals surface area contributed by atoms with E-state index in [0.717, 1.165) is 29.6 Å². The quantitative estimate of drug-likeness (QED) is 0.628. The van der Waals surface area contributed by atoms with E-state index in [0.29, 0.717) is 17.3 Å². The summed E-state index contributed by atoms with van der Waals surface area (Å²) < 4.78 is 8.16. The number of nitrogens with one attached hydrogen (secondary N) is 2. The van der Waals surface area contributed by atoms with Gasteiger partial charge in [0.2, 0.25) is 5.91 Å². The number of hydrogen-bond acceptors (Lipinski definition) is 4. The number of aromatic nitrogens is 2. The third kappa shape index (κ3) is 4.99. The number of benzene rings is 1. The molecule has 3 atom stereocenters. The van der Waals surface area contributed by atoms with Crippen LogP contribution in [0, 0.1) is 12.8 Å². The van der Waals surface area contributed by atoms with Gasteiger partial charge in [-0.25, -0.2) is 4.98 Å². The Labute approximate surface area is 188 Å². The first kappa shape index (κ1) is 22.0. The van der Waals surface area contributed by atoms with Crippen LogP contribution in [0.4, 0.5) is 5.69 Å². The van der Waals surface area contributed by atoms with Crippen molar-refractivity contribution in [1.82, 2.24) is 14.7 Å². The number of imidazole rings is 1. The van der Waals surface area contributed by atoms with Gasteiger partial charge in [-0.15, -0.1) is 0 Å². The van der Waals surface area contributed by atoms with Gasteiger partial charge in [-0.2, -0.15) is 0 Å². The Kier molecular flexibility index (Phi) is 6.28. The zero-order valence-corrected chi connectivity index (χ0v) is 19.0. The van der Waals surface area contributed by atoms with Gasteiger partial charge in [0, 0.05) is 31.0 Å². The molecule has 1 aliphatic rings. The van der Waals surface area contributed by atoms with Crippen molar-refractivity contribution in [3.05, 3.63) is 65.6 Å². The predicted molar refractivity (Wildman–Crippen MR) is 124 cm³/mol. The molecule has 7 heteroatoms. The summed E-state index contributed by atoms with van der Waals surface area (Å²) in [5.74, 6) is 0.0961. The number of rotatable bonds is 5. The number of amides is 2. The molecule has 0 unspecified atom stereocenters. The van der Waals surface area contributed by atoms with E-state index in [-0.39, 0.29) is 30.1 Å². The fourth-order valence-corrected chi connectivity index (χ4v) is 4.18. The van der Waals surface area contributed by atoms with E-state index >= 15 is 0 Å². The molecule has 0 radical (unpaired) electrons. The number of aryl methyl sites for hydroxylation is 1. The number of hydrogen-bond donors (Lipinski definition) is 2. The Morgan fingerprint density at radius 1 is 1.16 bits per heavy atom. The van der Waals surface area contributed by atoms with E-state index in [9.17, 15) is 9.59 Å². The SMILES string of the molecule is CC(=O)N[C@H]1C[C@@H](c2ccc(NC(=O)c3cn4ccc(C)cc4n3)cc2)O[C@@H](C(C)C)C1. The third-order valence-corrected chi connectivity index (χ3v) is 5.89. The van der Waals surface area contributed by atoms with E-state index < -0.39 is 0 Å². The summed E-state index contributed by atoms with van der Waals surface area (Å²) in [5.41, 5.74) is 3.94. The highest BCUT2D eigenvalue weighted by Crippen LogP contribution is 2.34. The first-order valence-corrected chi connectivity index (χ1v) is 11.1. The van der Waals surface area contributed by atoms with Crippen LogP contribution in [0.15, 0.2) is 48.8 Å². The summed E-state index contributed by atoms with van der Waals surface area (Å²) in [6, 6.07) is 11.7. The fourth-order valence-electron chi connectivity index (χ4n) is 4.18. The normalized spacial score (nSPS) is 21.0. The van der Waals surface area contributed by atoms with Crippen LogP contribution in [0.25, 0.3) is 5.65 Å². The molecule has 3 aromatic rings. The molecule has 2 N–H and O–H groups in total. The summed E-state index contributed by atoms with van der Waals surface area (Å²) in [5, 5.41) is 5.96. The topological polar surface area (TPSA) is 84.7 Å². The van der Waals surface area contributed by atoms with Gasteiger partial charge in [0.25, 0.3) is 5.91 Å². The molecule has 1 aliphatic heterocycles. The van der Waals surface area contributed by atoms with Crippen molar-refractivity contribution in [1.29, 1.82) is 0 Å². The smallest absolute Gasteiger partial charge is 0.275 e. The summed E-state index contributed by atoms with van der Waals surface area (Å²) in [6.45, 7) is 7.82. The maximum atomic E-state index is 12.7. The van der Waals surface area contributed by atoms with Gasteiger partial charge >= 0.3 is 0 Å². The van der Waals surface area contributed by atoms with Gasteiger partial charge in [-0.1, -0.05) is 26.0 Å². The van der Waals surface area contributed by atoms with Crippen molar-refractivity contribution < 1.29 is 14.3 Å². The maximum absolute atomic E-state index is 12.7. The Balaban J connectivity index is 1.45. The average Bonchev–Trinajstić information content (AvgIpc) is 3.17. The van der Waals surface area contributed by atoms with Gasteiger partial charge < -0.3 is 19.8 Å². The molecule has 2 amide bonds. The van der Waals surface area contributed by atoms with Gasteiger partial charge in [-0.05, 0) is 61.1 Å². The second kappa shape index (κ2) is 9.12. The highest BCUT2D eigenvalue weighted by molar-refractivity contribution is 6.03. The molecule has 0 spiro atoms. The molecule has 2 aromatic heterocycles. The van der Waals surface area contributed by atoms with Crippen molar-refractivity contribution in [2.45, 2.75) is 58.8 Å².